The van der Waals surface area contributed by atoms with Crippen LogP contribution < -0.4 is 4.74 Å². The highest BCUT2D eigenvalue weighted by Crippen LogP contribution is 2.22. The molecule has 0 fully saturated rings. The fraction of sp³-hybridized carbons (Fsp3) is 0.714. The molecule has 0 unspecified atom stereocenters. The molecule has 5 heteroatoms. The smallest absolute Gasteiger partial charge is 0.294 e. The first kappa shape index (κ1) is 9.92. The van der Waals surface area contributed by atoms with Crippen molar-refractivity contribution in [3.05, 3.63) is 3.92 Å². The van der Waals surface area contributed by atoms with Gasteiger partial charge in [0, 0.05) is 0 Å². The molecule has 3 nitrogen and oxygen atoms in total. The van der Waals surface area contributed by atoms with Crippen LogP contribution in [0.1, 0.15) is 20.3 Å². The molecule has 0 saturated carbocycles. The molecular formula is C7H11BrN2OS. The van der Waals surface area contributed by atoms with E-state index in [1.165, 1.54) is 11.3 Å². The lowest BCUT2D eigenvalue weighted by molar-refractivity contribution is 0.286. The summed E-state index contributed by atoms with van der Waals surface area (Å²) in [6.07, 6.45) is 1.05. The van der Waals surface area contributed by atoms with E-state index in [-0.39, 0.29) is 0 Å². The van der Waals surface area contributed by atoms with Crippen molar-refractivity contribution in [2.45, 2.75) is 20.3 Å². The number of rotatable bonds is 4. The summed E-state index contributed by atoms with van der Waals surface area (Å²) < 4.78 is 6.12. The van der Waals surface area contributed by atoms with Gasteiger partial charge >= 0.3 is 0 Å². The van der Waals surface area contributed by atoms with E-state index < -0.39 is 0 Å². The maximum Gasteiger partial charge on any atom is 0.294 e. The molecule has 0 aliphatic heterocycles. The van der Waals surface area contributed by atoms with Gasteiger partial charge in [0.15, 0.2) is 3.92 Å². The van der Waals surface area contributed by atoms with E-state index in [0.717, 1.165) is 16.9 Å². The summed E-state index contributed by atoms with van der Waals surface area (Å²) in [5, 5.41) is 8.23. The van der Waals surface area contributed by atoms with Crippen LogP contribution in [0, 0.1) is 5.92 Å². The third-order valence-corrected chi connectivity index (χ3v) is 2.57. The molecule has 0 amide bonds. The van der Waals surface area contributed by atoms with Crippen LogP contribution in [-0.4, -0.2) is 16.8 Å². The van der Waals surface area contributed by atoms with Crippen LogP contribution >= 0.6 is 27.3 Å². The van der Waals surface area contributed by atoms with Gasteiger partial charge in [-0.3, -0.25) is 0 Å². The molecule has 12 heavy (non-hydrogen) atoms. The van der Waals surface area contributed by atoms with Crippen LogP contribution in [0.5, 0.6) is 5.19 Å². The first-order valence-corrected chi connectivity index (χ1v) is 5.41. The molecular weight excluding hydrogens is 240 g/mol. The third-order valence-electron chi connectivity index (χ3n) is 1.30. The van der Waals surface area contributed by atoms with Crippen LogP contribution in [0.25, 0.3) is 0 Å². The van der Waals surface area contributed by atoms with Gasteiger partial charge in [-0.15, -0.1) is 5.10 Å². The average molecular weight is 251 g/mol. The van der Waals surface area contributed by atoms with Crippen molar-refractivity contribution in [1.29, 1.82) is 0 Å². The number of ether oxygens (including phenoxy) is 1. The zero-order chi connectivity index (χ0) is 8.97. The lowest BCUT2D eigenvalue weighted by Gasteiger charge is -2.03. The Balaban J connectivity index is 2.24. The van der Waals surface area contributed by atoms with Gasteiger partial charge in [-0.1, -0.05) is 18.9 Å². The summed E-state index contributed by atoms with van der Waals surface area (Å²) in [6.45, 7) is 5.05. The predicted octanol–water partition coefficient (Wildman–Crippen LogP) is 2.73. The Labute approximate surface area is 84.3 Å². The van der Waals surface area contributed by atoms with Crippen molar-refractivity contribution < 1.29 is 4.74 Å². The van der Waals surface area contributed by atoms with Gasteiger partial charge in [0.1, 0.15) is 0 Å². The van der Waals surface area contributed by atoms with Gasteiger partial charge in [-0.25, -0.2) is 0 Å². The van der Waals surface area contributed by atoms with Gasteiger partial charge in [0.25, 0.3) is 5.19 Å². The molecule has 1 aromatic rings. The highest BCUT2D eigenvalue weighted by atomic mass is 79.9. The highest BCUT2D eigenvalue weighted by Gasteiger charge is 2.01. The molecule has 0 spiro atoms. The van der Waals surface area contributed by atoms with Crippen molar-refractivity contribution in [2.75, 3.05) is 6.61 Å². The number of aromatic nitrogens is 2. The minimum absolute atomic E-state index is 0.641. The molecule has 0 aromatic carbocycles. The summed E-state index contributed by atoms with van der Waals surface area (Å²) in [5.74, 6) is 0.668. The molecule has 0 bridgehead atoms. The van der Waals surface area contributed by atoms with E-state index in [4.69, 9.17) is 4.74 Å². The van der Waals surface area contributed by atoms with Crippen molar-refractivity contribution in [2.24, 2.45) is 5.92 Å². The average Bonchev–Trinajstić information content (AvgIpc) is 2.35. The Morgan fingerprint density at radius 2 is 2.25 bits per heavy atom. The Morgan fingerprint density at radius 1 is 1.50 bits per heavy atom. The molecule has 0 aliphatic carbocycles. The minimum atomic E-state index is 0.641. The zero-order valence-electron chi connectivity index (χ0n) is 7.08. The fourth-order valence-electron chi connectivity index (χ4n) is 0.633. The Bertz CT molecular complexity index is 239. The molecule has 1 aromatic heterocycles. The summed E-state index contributed by atoms with van der Waals surface area (Å²) >= 11 is 4.63. The normalized spacial score (nSPS) is 10.7. The molecule has 0 aliphatic rings. The quantitative estimate of drug-likeness (QED) is 0.825. The number of hydrogen-bond acceptors (Lipinski definition) is 4. The van der Waals surface area contributed by atoms with E-state index in [2.05, 4.69) is 40.0 Å². The molecule has 1 rings (SSSR count). The summed E-state index contributed by atoms with van der Waals surface area (Å²) in [5.41, 5.74) is 0. The van der Waals surface area contributed by atoms with E-state index >= 15 is 0 Å². The molecule has 0 radical (unpaired) electrons. The molecule has 68 valence electrons. The lowest BCUT2D eigenvalue weighted by Crippen LogP contribution is -2.00. The Morgan fingerprint density at radius 3 is 2.75 bits per heavy atom. The summed E-state index contributed by atoms with van der Waals surface area (Å²) in [6, 6.07) is 0. The van der Waals surface area contributed by atoms with Crippen LogP contribution in [0.3, 0.4) is 0 Å². The van der Waals surface area contributed by atoms with Crippen molar-refractivity contribution >= 4 is 27.3 Å². The van der Waals surface area contributed by atoms with E-state index in [1.54, 1.807) is 0 Å². The van der Waals surface area contributed by atoms with Crippen molar-refractivity contribution in [3.63, 3.8) is 0 Å². The Kier molecular flexibility index (Phi) is 3.94. The fourth-order valence-corrected chi connectivity index (χ4v) is 1.58. The van der Waals surface area contributed by atoms with Crippen molar-refractivity contribution in [1.82, 2.24) is 10.2 Å². The van der Waals surface area contributed by atoms with Gasteiger partial charge in [-0.2, -0.15) is 0 Å². The molecule has 0 atom stereocenters. The Hall–Kier alpha value is -0.160. The number of nitrogens with zero attached hydrogens (tertiary/aromatic N) is 2. The van der Waals surface area contributed by atoms with Crippen LogP contribution in [0.4, 0.5) is 0 Å². The first-order chi connectivity index (χ1) is 5.68. The maximum absolute atomic E-state index is 5.35. The standard InChI is InChI=1S/C7H11BrN2OS/c1-5(2)3-4-11-7-10-9-6(8)12-7/h5H,3-4H2,1-2H3. The minimum Gasteiger partial charge on any atom is -0.469 e. The predicted molar refractivity (Wildman–Crippen MR) is 52.6 cm³/mol. The highest BCUT2D eigenvalue weighted by molar-refractivity contribution is 9.11. The van der Waals surface area contributed by atoms with E-state index in [9.17, 15) is 0 Å². The largest absolute Gasteiger partial charge is 0.469 e. The van der Waals surface area contributed by atoms with E-state index in [0.29, 0.717) is 11.1 Å². The zero-order valence-corrected chi connectivity index (χ0v) is 9.48. The second-order valence-corrected chi connectivity index (χ2v) is 5.07. The monoisotopic (exact) mass is 250 g/mol. The lowest BCUT2D eigenvalue weighted by atomic mass is 10.1. The van der Waals surface area contributed by atoms with E-state index in [1.807, 2.05) is 0 Å². The topological polar surface area (TPSA) is 35.0 Å². The van der Waals surface area contributed by atoms with Gasteiger partial charge in [0.2, 0.25) is 0 Å². The SMILES string of the molecule is CC(C)CCOc1nnc(Br)s1. The van der Waals surface area contributed by atoms with Gasteiger partial charge < -0.3 is 4.74 Å². The second kappa shape index (κ2) is 4.77. The van der Waals surface area contributed by atoms with Gasteiger partial charge in [-0.05, 0) is 39.6 Å². The van der Waals surface area contributed by atoms with Crippen LogP contribution in [-0.2, 0) is 0 Å². The third kappa shape index (κ3) is 3.49. The summed E-state index contributed by atoms with van der Waals surface area (Å²) in [4.78, 5) is 0. The summed E-state index contributed by atoms with van der Waals surface area (Å²) in [7, 11) is 0. The second-order valence-electron chi connectivity index (χ2n) is 2.85. The number of halogens is 1. The first-order valence-electron chi connectivity index (χ1n) is 3.80. The number of hydrogen-bond donors (Lipinski definition) is 0. The van der Waals surface area contributed by atoms with Crippen LogP contribution in [0.15, 0.2) is 3.92 Å². The molecule has 0 N–H and O–H groups in total. The molecule has 1 heterocycles. The van der Waals surface area contributed by atoms with Crippen LogP contribution in [0.2, 0.25) is 0 Å². The maximum atomic E-state index is 5.35. The van der Waals surface area contributed by atoms with Gasteiger partial charge in [0.05, 0.1) is 6.61 Å². The van der Waals surface area contributed by atoms with Crippen molar-refractivity contribution in [3.8, 4) is 5.19 Å². The molecule has 0 saturated heterocycles.